The lowest BCUT2D eigenvalue weighted by Crippen LogP contribution is -2.22. The third-order valence-electron chi connectivity index (χ3n) is 3.61. The van der Waals surface area contributed by atoms with E-state index in [2.05, 4.69) is 5.32 Å². The van der Waals surface area contributed by atoms with E-state index in [4.69, 9.17) is 4.74 Å². The number of hydrogen-bond donors (Lipinski definition) is 1. The molecule has 1 N–H and O–H groups in total. The lowest BCUT2D eigenvalue weighted by atomic mass is 10.1. The van der Waals surface area contributed by atoms with Crippen LogP contribution in [0, 0.1) is 10.1 Å². The second-order valence-corrected chi connectivity index (χ2v) is 5.43. The Morgan fingerprint density at radius 2 is 2.00 bits per heavy atom. The van der Waals surface area contributed by atoms with Gasteiger partial charge in [-0.1, -0.05) is 12.1 Å². The number of ether oxygens (including phenoxy) is 1. The van der Waals surface area contributed by atoms with Gasteiger partial charge in [-0.15, -0.1) is 0 Å². The van der Waals surface area contributed by atoms with E-state index in [1.54, 1.807) is 25.3 Å². The second-order valence-electron chi connectivity index (χ2n) is 5.43. The van der Waals surface area contributed by atoms with Gasteiger partial charge >= 0.3 is 0 Å². The van der Waals surface area contributed by atoms with Crippen LogP contribution in [-0.4, -0.2) is 24.5 Å². The van der Waals surface area contributed by atoms with E-state index in [1.165, 1.54) is 18.2 Å². The van der Waals surface area contributed by atoms with Crippen LogP contribution >= 0.6 is 0 Å². The predicted molar refractivity (Wildman–Crippen MR) is 96.5 cm³/mol. The molecule has 0 aliphatic rings. The van der Waals surface area contributed by atoms with Gasteiger partial charge in [-0.05, 0) is 54.3 Å². The van der Waals surface area contributed by atoms with Crippen molar-refractivity contribution in [2.75, 3.05) is 13.7 Å². The first-order chi connectivity index (χ1) is 12.1. The van der Waals surface area contributed by atoms with Crippen molar-refractivity contribution >= 4 is 17.7 Å². The summed E-state index contributed by atoms with van der Waals surface area (Å²) in [5.74, 6) is 0.636. The Hall–Kier alpha value is -3.15. The molecule has 0 fully saturated rings. The first-order valence-electron chi connectivity index (χ1n) is 7.92. The Bertz CT molecular complexity index is 754. The molecule has 0 aliphatic heterocycles. The molecule has 0 spiro atoms. The Morgan fingerprint density at radius 1 is 1.24 bits per heavy atom. The zero-order chi connectivity index (χ0) is 18.1. The van der Waals surface area contributed by atoms with Crippen molar-refractivity contribution < 1.29 is 14.5 Å². The fraction of sp³-hybridized carbons (Fsp3) is 0.211. The van der Waals surface area contributed by atoms with Crippen molar-refractivity contribution in [1.82, 2.24) is 5.32 Å². The van der Waals surface area contributed by atoms with Crippen LogP contribution < -0.4 is 10.1 Å². The summed E-state index contributed by atoms with van der Waals surface area (Å²) in [5, 5.41) is 13.4. The summed E-state index contributed by atoms with van der Waals surface area (Å²) in [5.41, 5.74) is 1.92. The zero-order valence-electron chi connectivity index (χ0n) is 14.0. The molecule has 25 heavy (non-hydrogen) atoms. The molecule has 130 valence electrons. The fourth-order valence-electron chi connectivity index (χ4n) is 2.27. The van der Waals surface area contributed by atoms with Gasteiger partial charge in [-0.25, -0.2) is 0 Å². The molecule has 2 rings (SSSR count). The number of rotatable bonds is 8. The van der Waals surface area contributed by atoms with Crippen molar-refractivity contribution in [3.63, 3.8) is 0 Å². The number of non-ortho nitro benzene ring substituents is 1. The fourth-order valence-corrected chi connectivity index (χ4v) is 2.27. The molecular weight excluding hydrogens is 320 g/mol. The summed E-state index contributed by atoms with van der Waals surface area (Å²) in [7, 11) is 1.64. The lowest BCUT2D eigenvalue weighted by molar-refractivity contribution is -0.384. The summed E-state index contributed by atoms with van der Waals surface area (Å²) >= 11 is 0. The number of carbonyl (C=O) groups excluding carboxylic acids is 1. The van der Waals surface area contributed by atoms with Crippen molar-refractivity contribution in [3.05, 3.63) is 75.8 Å². The molecule has 2 aromatic carbocycles. The minimum absolute atomic E-state index is 0.0270. The van der Waals surface area contributed by atoms with Crippen LogP contribution in [0.15, 0.2) is 54.6 Å². The summed E-state index contributed by atoms with van der Waals surface area (Å²) in [6.45, 7) is 0.570. The standard InChI is InChI=1S/C19H20N2O4/c1-25-18-6-2-4-16(14-18)5-3-13-20-19(22)12-9-15-7-10-17(11-8-15)21(23)24/h2,4,6-12,14H,3,5,13H2,1H3,(H,20,22)/b12-9+. The van der Waals surface area contributed by atoms with Gasteiger partial charge in [-0.3, -0.25) is 14.9 Å². The number of hydrogen-bond acceptors (Lipinski definition) is 4. The van der Waals surface area contributed by atoms with Crippen LogP contribution in [0.4, 0.5) is 5.69 Å². The zero-order valence-corrected chi connectivity index (χ0v) is 14.0. The molecule has 6 nitrogen and oxygen atoms in total. The van der Waals surface area contributed by atoms with Crippen LogP contribution in [0.5, 0.6) is 5.75 Å². The SMILES string of the molecule is COc1cccc(CCCNC(=O)/C=C/c2ccc([N+](=O)[O-])cc2)c1. The van der Waals surface area contributed by atoms with Gasteiger partial charge < -0.3 is 10.1 Å². The van der Waals surface area contributed by atoms with E-state index in [0.717, 1.165) is 29.7 Å². The largest absolute Gasteiger partial charge is 0.497 e. The van der Waals surface area contributed by atoms with Gasteiger partial charge in [0.2, 0.25) is 5.91 Å². The van der Waals surface area contributed by atoms with Gasteiger partial charge in [-0.2, -0.15) is 0 Å². The van der Waals surface area contributed by atoms with Crippen LogP contribution in [-0.2, 0) is 11.2 Å². The third kappa shape index (κ3) is 6.10. The summed E-state index contributed by atoms with van der Waals surface area (Å²) in [6.07, 6.45) is 4.72. The predicted octanol–water partition coefficient (Wildman–Crippen LogP) is 3.37. The topological polar surface area (TPSA) is 81.5 Å². The number of nitrogens with zero attached hydrogens (tertiary/aromatic N) is 1. The number of benzene rings is 2. The summed E-state index contributed by atoms with van der Waals surface area (Å²) in [4.78, 5) is 21.9. The lowest BCUT2D eigenvalue weighted by Gasteiger charge is -2.05. The highest BCUT2D eigenvalue weighted by Crippen LogP contribution is 2.14. The number of nitrogens with one attached hydrogen (secondary N) is 1. The molecule has 0 heterocycles. The van der Waals surface area contributed by atoms with Gasteiger partial charge in [0.05, 0.1) is 12.0 Å². The van der Waals surface area contributed by atoms with Crippen molar-refractivity contribution in [1.29, 1.82) is 0 Å². The van der Waals surface area contributed by atoms with E-state index in [0.29, 0.717) is 6.54 Å². The average molecular weight is 340 g/mol. The van der Waals surface area contributed by atoms with Crippen molar-refractivity contribution in [2.24, 2.45) is 0 Å². The number of nitro groups is 1. The highest BCUT2D eigenvalue weighted by molar-refractivity contribution is 5.91. The van der Waals surface area contributed by atoms with Crippen LogP contribution in [0.3, 0.4) is 0 Å². The number of aryl methyl sites for hydroxylation is 1. The second kappa shape index (κ2) is 9.22. The van der Waals surface area contributed by atoms with Crippen molar-refractivity contribution in [3.8, 4) is 5.75 Å². The Labute approximate surface area is 146 Å². The summed E-state index contributed by atoms with van der Waals surface area (Å²) < 4.78 is 5.18. The highest BCUT2D eigenvalue weighted by atomic mass is 16.6. The molecule has 0 aromatic heterocycles. The number of methoxy groups -OCH3 is 1. The molecule has 0 aliphatic carbocycles. The van der Waals surface area contributed by atoms with E-state index in [1.807, 2.05) is 24.3 Å². The maximum absolute atomic E-state index is 11.8. The van der Waals surface area contributed by atoms with Gasteiger partial charge in [0.25, 0.3) is 5.69 Å². The van der Waals surface area contributed by atoms with Crippen molar-refractivity contribution in [2.45, 2.75) is 12.8 Å². The molecule has 1 amide bonds. The molecule has 0 bridgehead atoms. The minimum Gasteiger partial charge on any atom is -0.497 e. The molecule has 2 aromatic rings. The maximum atomic E-state index is 11.8. The molecular formula is C19H20N2O4. The normalized spacial score (nSPS) is 10.6. The van der Waals surface area contributed by atoms with Crippen LogP contribution in [0.2, 0.25) is 0 Å². The minimum atomic E-state index is -0.456. The Balaban J connectivity index is 1.73. The first kappa shape index (κ1) is 18.2. The van der Waals surface area contributed by atoms with Gasteiger partial charge in [0, 0.05) is 24.8 Å². The Morgan fingerprint density at radius 3 is 2.68 bits per heavy atom. The number of amides is 1. The highest BCUT2D eigenvalue weighted by Gasteiger charge is 2.03. The van der Waals surface area contributed by atoms with E-state index in [9.17, 15) is 14.9 Å². The maximum Gasteiger partial charge on any atom is 0.269 e. The van der Waals surface area contributed by atoms with Gasteiger partial charge in [0.1, 0.15) is 5.75 Å². The molecule has 6 heteroatoms. The molecule has 0 saturated carbocycles. The Kier molecular flexibility index (Phi) is 6.71. The van der Waals surface area contributed by atoms with E-state index >= 15 is 0 Å². The summed E-state index contributed by atoms with van der Waals surface area (Å²) in [6, 6.07) is 13.9. The first-order valence-corrected chi connectivity index (χ1v) is 7.92. The molecule has 0 radical (unpaired) electrons. The van der Waals surface area contributed by atoms with E-state index in [-0.39, 0.29) is 11.6 Å². The number of carbonyl (C=O) groups is 1. The van der Waals surface area contributed by atoms with Gasteiger partial charge in [0.15, 0.2) is 0 Å². The smallest absolute Gasteiger partial charge is 0.269 e. The third-order valence-corrected chi connectivity index (χ3v) is 3.61. The number of nitro benzene ring substituents is 1. The molecule has 0 unspecified atom stereocenters. The van der Waals surface area contributed by atoms with Crippen LogP contribution in [0.1, 0.15) is 17.5 Å². The van der Waals surface area contributed by atoms with Crippen LogP contribution in [0.25, 0.3) is 6.08 Å². The average Bonchev–Trinajstić information content (AvgIpc) is 2.64. The monoisotopic (exact) mass is 340 g/mol. The van der Waals surface area contributed by atoms with E-state index < -0.39 is 4.92 Å². The molecule has 0 saturated heterocycles. The molecule has 0 atom stereocenters. The quantitative estimate of drug-likeness (QED) is 0.346.